The molecular formula is C29H36F3N3O2. The minimum Gasteiger partial charge on any atom is -0.334 e. The number of nitrogens with zero attached hydrogens (tertiary/aromatic N) is 3. The van der Waals surface area contributed by atoms with Gasteiger partial charge < -0.3 is 4.52 Å². The number of hydroxylamine groups is 1. The van der Waals surface area contributed by atoms with Gasteiger partial charge in [-0.15, -0.1) is 5.21 Å². The van der Waals surface area contributed by atoms with E-state index in [1.54, 1.807) is 31.2 Å². The van der Waals surface area contributed by atoms with Gasteiger partial charge in [-0.3, -0.25) is 0 Å². The smallest absolute Gasteiger partial charge is 0.334 e. The Balaban J connectivity index is 1.51. The van der Waals surface area contributed by atoms with E-state index in [2.05, 4.69) is 22.5 Å². The summed E-state index contributed by atoms with van der Waals surface area (Å²) in [5, 5.41) is 15.8. The van der Waals surface area contributed by atoms with Crippen molar-refractivity contribution in [1.29, 1.82) is 0 Å². The summed E-state index contributed by atoms with van der Waals surface area (Å²) in [6, 6.07) is 11.2. The number of aryl methyl sites for hydroxylation is 1. The molecule has 1 unspecified atom stereocenters. The first-order valence-electron chi connectivity index (χ1n) is 13.3. The molecule has 37 heavy (non-hydrogen) atoms. The molecule has 0 saturated carbocycles. The minimum atomic E-state index is -4.40. The van der Waals surface area contributed by atoms with Crippen molar-refractivity contribution in [2.75, 3.05) is 0 Å². The van der Waals surface area contributed by atoms with E-state index in [1.807, 2.05) is 0 Å². The van der Waals surface area contributed by atoms with Crippen LogP contribution in [0.25, 0.3) is 11.5 Å². The van der Waals surface area contributed by atoms with Crippen molar-refractivity contribution in [1.82, 2.24) is 15.6 Å². The lowest BCUT2D eigenvalue weighted by Crippen LogP contribution is -2.17. The van der Waals surface area contributed by atoms with Gasteiger partial charge in [0.25, 0.3) is 5.89 Å². The largest absolute Gasteiger partial charge is 0.416 e. The van der Waals surface area contributed by atoms with Crippen molar-refractivity contribution < 1.29 is 22.9 Å². The second kappa shape index (κ2) is 14.3. The first-order valence-corrected chi connectivity index (χ1v) is 13.3. The van der Waals surface area contributed by atoms with E-state index in [9.17, 15) is 18.4 Å². The average Bonchev–Trinajstić information content (AvgIpc) is 3.37. The van der Waals surface area contributed by atoms with E-state index in [-0.39, 0.29) is 0 Å². The molecule has 3 rings (SSSR count). The molecule has 200 valence electrons. The summed E-state index contributed by atoms with van der Waals surface area (Å²) in [5.74, 6) is 0.714. The Morgan fingerprint density at radius 2 is 1.41 bits per heavy atom. The molecule has 0 aliphatic rings. The van der Waals surface area contributed by atoms with Crippen LogP contribution in [-0.2, 0) is 17.8 Å². The summed E-state index contributed by atoms with van der Waals surface area (Å²) < 4.78 is 44.0. The number of hydrogen-bond donors (Lipinski definition) is 0. The maximum absolute atomic E-state index is 12.9. The Bertz CT molecular complexity index is 1050. The van der Waals surface area contributed by atoms with Crippen molar-refractivity contribution in [3.8, 4) is 11.5 Å². The van der Waals surface area contributed by atoms with E-state index in [1.165, 1.54) is 57.1 Å². The molecule has 3 aromatic rings. The van der Waals surface area contributed by atoms with Crippen LogP contribution < -0.4 is 5.48 Å². The van der Waals surface area contributed by atoms with Gasteiger partial charge >= 0.3 is 6.18 Å². The second-order valence-corrected chi connectivity index (χ2v) is 9.67. The standard InChI is InChI=1S/C29H36F3N3O2/c1-3-4-5-6-7-8-9-10-11-12-26-33-28(37-35-26)24-15-13-23(14-16-24)27(34-36)21(2)22-17-19-25(20-18-22)29(30,31)32/h13-21,27H,3-12H2,1-2H3/t21-,27?/m0/s1. The molecule has 1 aromatic heterocycles. The average molecular weight is 516 g/mol. The fraction of sp³-hybridized carbons (Fsp3) is 0.517. The Morgan fingerprint density at radius 1 is 0.838 bits per heavy atom. The fourth-order valence-electron chi connectivity index (χ4n) is 4.49. The molecule has 0 bridgehead atoms. The quantitative estimate of drug-likeness (QED) is 0.150. The first kappa shape index (κ1) is 28.9. The first-order chi connectivity index (χ1) is 17.8. The van der Waals surface area contributed by atoms with Crippen LogP contribution in [-0.4, -0.2) is 10.1 Å². The number of aromatic nitrogens is 2. The zero-order chi connectivity index (χ0) is 26.7. The van der Waals surface area contributed by atoms with E-state index in [0.29, 0.717) is 22.8 Å². The molecule has 0 fully saturated rings. The lowest BCUT2D eigenvalue weighted by atomic mass is 9.88. The summed E-state index contributed by atoms with van der Waals surface area (Å²) in [4.78, 5) is 4.50. The highest BCUT2D eigenvalue weighted by Crippen LogP contribution is 2.35. The minimum absolute atomic E-state index is 0.392. The molecular weight excluding hydrogens is 479 g/mol. The van der Waals surface area contributed by atoms with Crippen LogP contribution in [0.15, 0.2) is 53.1 Å². The molecule has 1 heterocycles. The van der Waals surface area contributed by atoms with Crippen molar-refractivity contribution in [2.45, 2.75) is 96.2 Å². The molecule has 0 saturated heterocycles. The third kappa shape index (κ3) is 8.68. The monoisotopic (exact) mass is 515 g/mol. The summed E-state index contributed by atoms with van der Waals surface area (Å²) in [7, 11) is 0. The Hall–Kier alpha value is -2.71. The summed E-state index contributed by atoms with van der Waals surface area (Å²) in [6.45, 7) is 4.01. The van der Waals surface area contributed by atoms with E-state index >= 15 is 0 Å². The summed E-state index contributed by atoms with van der Waals surface area (Å²) in [6.07, 6.45) is 7.67. The number of unbranched alkanes of at least 4 members (excludes halogenated alkanes) is 8. The predicted molar refractivity (Wildman–Crippen MR) is 136 cm³/mol. The lowest BCUT2D eigenvalue weighted by molar-refractivity contribution is -0.137. The molecule has 8 heteroatoms. The number of halogens is 3. The number of rotatable bonds is 15. The van der Waals surface area contributed by atoms with Crippen molar-refractivity contribution in [3.05, 3.63) is 71.0 Å². The third-order valence-corrected chi connectivity index (χ3v) is 6.82. The van der Waals surface area contributed by atoms with Crippen molar-refractivity contribution >= 4 is 0 Å². The van der Waals surface area contributed by atoms with Crippen LogP contribution >= 0.6 is 0 Å². The van der Waals surface area contributed by atoms with E-state index < -0.39 is 23.7 Å². The second-order valence-electron chi connectivity index (χ2n) is 9.67. The molecule has 0 spiro atoms. The zero-order valence-electron chi connectivity index (χ0n) is 21.6. The molecule has 0 amide bonds. The van der Waals surface area contributed by atoms with Gasteiger partial charge in [0.05, 0.1) is 11.6 Å². The van der Waals surface area contributed by atoms with Crippen LogP contribution in [0.1, 0.15) is 106 Å². The fourth-order valence-corrected chi connectivity index (χ4v) is 4.49. The highest BCUT2D eigenvalue weighted by atomic mass is 19.4. The van der Waals surface area contributed by atoms with Gasteiger partial charge in [0, 0.05) is 17.9 Å². The Kier molecular flexibility index (Phi) is 11.1. The summed E-state index contributed by atoms with van der Waals surface area (Å²) >= 11 is 0. The third-order valence-electron chi connectivity index (χ3n) is 6.82. The molecule has 0 aliphatic carbocycles. The summed E-state index contributed by atoms with van der Waals surface area (Å²) in [5.41, 5.74) is 4.56. The SMILES string of the molecule is CCCCCCCCCCCc1noc(-c2ccc(C([N][O])[C@@H](C)c3ccc(C(F)(F)F)cc3)cc2)n1. The molecule has 2 aromatic carbocycles. The molecule has 0 aliphatic heterocycles. The highest BCUT2D eigenvalue weighted by Gasteiger charge is 2.31. The highest BCUT2D eigenvalue weighted by molar-refractivity contribution is 5.53. The lowest BCUT2D eigenvalue weighted by Gasteiger charge is -2.21. The zero-order valence-corrected chi connectivity index (χ0v) is 21.6. The molecule has 0 N–H and O–H groups in total. The van der Waals surface area contributed by atoms with E-state index in [0.717, 1.165) is 37.0 Å². The Morgan fingerprint density at radius 3 is 1.97 bits per heavy atom. The van der Waals surface area contributed by atoms with Gasteiger partial charge in [-0.2, -0.15) is 18.2 Å². The Labute approximate surface area is 217 Å². The van der Waals surface area contributed by atoms with Crippen LogP contribution in [0.2, 0.25) is 0 Å². The van der Waals surface area contributed by atoms with Crippen molar-refractivity contribution in [3.63, 3.8) is 0 Å². The van der Waals surface area contributed by atoms with Gasteiger partial charge in [0.1, 0.15) is 0 Å². The van der Waals surface area contributed by atoms with Gasteiger partial charge in [0.2, 0.25) is 0 Å². The van der Waals surface area contributed by atoms with Gasteiger partial charge in [-0.25, -0.2) is 0 Å². The topological polar surface area (TPSA) is 72.9 Å². The maximum Gasteiger partial charge on any atom is 0.416 e. The normalized spacial score (nSPS) is 13.6. The molecule has 2 atom stereocenters. The molecule has 2 radical (unpaired) electrons. The van der Waals surface area contributed by atoms with Crippen LogP contribution in [0.4, 0.5) is 13.2 Å². The van der Waals surface area contributed by atoms with Gasteiger partial charge in [-0.1, -0.05) is 100 Å². The molecule has 5 nitrogen and oxygen atoms in total. The van der Waals surface area contributed by atoms with Crippen LogP contribution in [0.3, 0.4) is 0 Å². The van der Waals surface area contributed by atoms with Crippen molar-refractivity contribution in [2.24, 2.45) is 0 Å². The number of alkyl halides is 3. The predicted octanol–water partition coefficient (Wildman–Crippen LogP) is 8.62. The maximum atomic E-state index is 12.9. The number of hydrogen-bond acceptors (Lipinski definition) is 3. The van der Waals surface area contributed by atoms with Crippen LogP contribution in [0.5, 0.6) is 0 Å². The number of benzene rings is 2. The van der Waals surface area contributed by atoms with Gasteiger partial charge in [-0.05, 0) is 41.8 Å². The van der Waals surface area contributed by atoms with Crippen LogP contribution in [0, 0.1) is 0 Å². The van der Waals surface area contributed by atoms with E-state index in [4.69, 9.17) is 4.52 Å². The van der Waals surface area contributed by atoms with Gasteiger partial charge in [0.15, 0.2) is 5.82 Å².